The molecule has 172 valence electrons. The Morgan fingerprint density at radius 3 is 2.58 bits per heavy atom. The number of carbonyl (C=O) groups is 2. The molecule has 3 aromatic rings. The molecule has 0 atom stereocenters. The zero-order valence-electron chi connectivity index (χ0n) is 18.3. The quantitative estimate of drug-likeness (QED) is 0.570. The molecule has 5 rings (SSSR count). The lowest BCUT2D eigenvalue weighted by atomic mass is 9.85. The smallest absolute Gasteiger partial charge is 0.256 e. The first-order chi connectivity index (χ1) is 15.9. The van der Waals surface area contributed by atoms with Crippen LogP contribution in [0.3, 0.4) is 0 Å². The predicted molar refractivity (Wildman–Crippen MR) is 123 cm³/mol. The molecule has 2 aliphatic rings. The Kier molecular flexibility index (Phi) is 5.78. The lowest BCUT2D eigenvalue weighted by molar-refractivity contribution is -0.120. The number of anilines is 1. The van der Waals surface area contributed by atoms with Crippen LogP contribution in [0, 0.1) is 18.7 Å². The minimum absolute atomic E-state index is 0.0152. The van der Waals surface area contributed by atoms with Crippen molar-refractivity contribution < 1.29 is 14.0 Å². The maximum Gasteiger partial charge on any atom is 0.256 e. The average molecular weight is 470 g/mol. The summed E-state index contributed by atoms with van der Waals surface area (Å²) in [6.07, 6.45) is 6.56. The van der Waals surface area contributed by atoms with Gasteiger partial charge in [0.15, 0.2) is 5.65 Å². The third kappa shape index (κ3) is 4.57. The van der Waals surface area contributed by atoms with E-state index in [2.05, 4.69) is 20.7 Å². The van der Waals surface area contributed by atoms with Crippen LogP contribution in [0.25, 0.3) is 5.65 Å². The highest BCUT2D eigenvalue weighted by atomic mass is 35.5. The molecule has 9 heteroatoms. The number of nitrogens with zero attached hydrogens (tertiary/aromatic N) is 3. The van der Waals surface area contributed by atoms with Gasteiger partial charge in [-0.15, -0.1) is 0 Å². The first-order valence-electron chi connectivity index (χ1n) is 11.3. The van der Waals surface area contributed by atoms with Crippen LogP contribution in [-0.4, -0.2) is 32.5 Å². The van der Waals surface area contributed by atoms with Crippen LogP contribution in [0.5, 0.6) is 0 Å². The molecule has 0 spiro atoms. The Labute approximate surface area is 195 Å². The van der Waals surface area contributed by atoms with Gasteiger partial charge < -0.3 is 10.6 Å². The van der Waals surface area contributed by atoms with Gasteiger partial charge >= 0.3 is 0 Å². The molecule has 2 N–H and O–H groups in total. The summed E-state index contributed by atoms with van der Waals surface area (Å²) in [6.45, 7) is 1.94. The largest absolute Gasteiger partial charge is 0.349 e. The monoisotopic (exact) mass is 469 g/mol. The first-order valence-corrected chi connectivity index (χ1v) is 11.7. The Morgan fingerprint density at radius 2 is 1.88 bits per heavy atom. The minimum atomic E-state index is -0.449. The SMILES string of the molecule is Cc1cc(C2CC2)n2ncc(C(=O)NC3CCC(C(=O)Nc4ccc(F)cc4Cl)CC3)c2n1. The molecule has 2 aromatic heterocycles. The number of amides is 2. The van der Waals surface area contributed by atoms with E-state index in [1.807, 2.05) is 13.0 Å². The topological polar surface area (TPSA) is 88.4 Å². The van der Waals surface area contributed by atoms with Crippen molar-refractivity contribution in [1.29, 1.82) is 0 Å². The second-order valence-electron chi connectivity index (χ2n) is 9.03. The van der Waals surface area contributed by atoms with Gasteiger partial charge in [0.1, 0.15) is 11.4 Å². The number of fused-ring (bicyclic) bond motifs is 1. The van der Waals surface area contributed by atoms with Gasteiger partial charge in [0.25, 0.3) is 5.91 Å². The zero-order valence-corrected chi connectivity index (χ0v) is 19.0. The summed E-state index contributed by atoms with van der Waals surface area (Å²) in [5.41, 5.74) is 3.47. The molecule has 1 aromatic carbocycles. The molecule has 0 saturated heterocycles. The Bertz CT molecular complexity index is 1230. The fraction of sp³-hybridized carbons (Fsp3) is 0.417. The third-order valence-electron chi connectivity index (χ3n) is 6.49. The van der Waals surface area contributed by atoms with Gasteiger partial charge in [0.2, 0.25) is 5.91 Å². The van der Waals surface area contributed by atoms with Gasteiger partial charge in [0.05, 0.1) is 16.9 Å². The molecule has 33 heavy (non-hydrogen) atoms. The van der Waals surface area contributed by atoms with E-state index in [1.165, 1.54) is 18.2 Å². The van der Waals surface area contributed by atoms with Crippen molar-refractivity contribution in [1.82, 2.24) is 19.9 Å². The van der Waals surface area contributed by atoms with E-state index in [9.17, 15) is 14.0 Å². The highest BCUT2D eigenvalue weighted by Crippen LogP contribution is 2.40. The van der Waals surface area contributed by atoms with Crippen LogP contribution >= 0.6 is 11.6 Å². The van der Waals surface area contributed by atoms with E-state index >= 15 is 0 Å². The van der Waals surface area contributed by atoms with Gasteiger partial charge in [-0.3, -0.25) is 9.59 Å². The van der Waals surface area contributed by atoms with E-state index in [0.29, 0.717) is 48.5 Å². The Morgan fingerprint density at radius 1 is 1.12 bits per heavy atom. The molecular weight excluding hydrogens is 445 g/mol. The van der Waals surface area contributed by atoms with Crippen LogP contribution < -0.4 is 10.6 Å². The number of nitrogens with one attached hydrogen (secondary N) is 2. The molecule has 2 amide bonds. The number of carbonyl (C=O) groups excluding carboxylic acids is 2. The fourth-order valence-corrected chi connectivity index (χ4v) is 4.75. The molecule has 0 unspecified atom stereocenters. The second kappa shape index (κ2) is 8.74. The van der Waals surface area contributed by atoms with Crippen molar-refractivity contribution in [3.8, 4) is 0 Å². The van der Waals surface area contributed by atoms with Crippen LogP contribution in [0.4, 0.5) is 10.1 Å². The lowest BCUT2D eigenvalue weighted by Crippen LogP contribution is -2.39. The average Bonchev–Trinajstić information content (AvgIpc) is 3.54. The van der Waals surface area contributed by atoms with Gasteiger partial charge in [-0.05, 0) is 69.7 Å². The molecule has 2 aliphatic carbocycles. The molecule has 2 saturated carbocycles. The van der Waals surface area contributed by atoms with E-state index < -0.39 is 5.82 Å². The van der Waals surface area contributed by atoms with E-state index in [1.54, 1.807) is 10.7 Å². The van der Waals surface area contributed by atoms with Crippen molar-refractivity contribution in [3.63, 3.8) is 0 Å². The number of aromatic nitrogens is 3. The molecule has 7 nitrogen and oxygen atoms in total. The molecular formula is C24H25ClFN5O2. The highest BCUT2D eigenvalue weighted by Gasteiger charge is 2.30. The van der Waals surface area contributed by atoms with Crippen molar-refractivity contribution >= 4 is 34.7 Å². The van der Waals surface area contributed by atoms with Crippen molar-refractivity contribution in [2.45, 2.75) is 57.4 Å². The van der Waals surface area contributed by atoms with Gasteiger partial charge in [-0.1, -0.05) is 11.6 Å². The Hall–Kier alpha value is -3.00. The second-order valence-corrected chi connectivity index (χ2v) is 9.43. The summed E-state index contributed by atoms with van der Waals surface area (Å²) in [6, 6.07) is 5.93. The van der Waals surface area contributed by atoms with Crippen LogP contribution in [-0.2, 0) is 4.79 Å². The van der Waals surface area contributed by atoms with Crippen molar-refractivity contribution in [2.75, 3.05) is 5.32 Å². The maximum absolute atomic E-state index is 13.2. The highest BCUT2D eigenvalue weighted by molar-refractivity contribution is 6.33. The van der Waals surface area contributed by atoms with E-state index in [0.717, 1.165) is 24.2 Å². The molecule has 2 heterocycles. The summed E-state index contributed by atoms with van der Waals surface area (Å²) in [5, 5.41) is 10.5. The zero-order chi connectivity index (χ0) is 23.1. The lowest BCUT2D eigenvalue weighted by Gasteiger charge is -2.28. The third-order valence-corrected chi connectivity index (χ3v) is 6.80. The number of hydrogen-bond donors (Lipinski definition) is 2. The summed E-state index contributed by atoms with van der Waals surface area (Å²) in [7, 11) is 0. The van der Waals surface area contributed by atoms with Crippen LogP contribution in [0.15, 0.2) is 30.5 Å². The standard InChI is InChI=1S/C24H25ClFN5O2/c1-13-10-21(14-2-3-14)31-22(28-13)18(12-27-31)24(33)29-17-7-4-15(5-8-17)23(32)30-20-9-6-16(26)11-19(20)25/h6,9-12,14-15,17H,2-5,7-8H2,1H3,(H,29,33)(H,30,32). The minimum Gasteiger partial charge on any atom is -0.349 e. The number of benzene rings is 1. The van der Waals surface area contributed by atoms with Gasteiger partial charge in [-0.2, -0.15) is 5.10 Å². The Balaban J connectivity index is 1.20. The first kappa shape index (κ1) is 21.8. The fourth-order valence-electron chi connectivity index (χ4n) is 4.53. The summed E-state index contributed by atoms with van der Waals surface area (Å²) < 4.78 is 15.0. The molecule has 2 fully saturated rings. The summed E-state index contributed by atoms with van der Waals surface area (Å²) in [4.78, 5) is 30.2. The normalized spacial score (nSPS) is 20.6. The summed E-state index contributed by atoms with van der Waals surface area (Å²) >= 11 is 6.01. The molecule has 0 bridgehead atoms. The van der Waals surface area contributed by atoms with Crippen LogP contribution in [0.2, 0.25) is 5.02 Å². The maximum atomic E-state index is 13.2. The predicted octanol–water partition coefficient (Wildman–Crippen LogP) is 4.63. The molecule has 0 radical (unpaired) electrons. The number of aryl methyl sites for hydroxylation is 1. The number of halogens is 2. The van der Waals surface area contributed by atoms with Crippen LogP contribution in [0.1, 0.15) is 66.2 Å². The van der Waals surface area contributed by atoms with Gasteiger partial charge in [0, 0.05) is 29.3 Å². The van der Waals surface area contributed by atoms with E-state index in [-0.39, 0.29) is 28.8 Å². The molecule has 0 aliphatic heterocycles. The number of rotatable bonds is 5. The van der Waals surface area contributed by atoms with E-state index in [4.69, 9.17) is 11.6 Å². The number of hydrogen-bond acceptors (Lipinski definition) is 4. The van der Waals surface area contributed by atoms with Crippen molar-refractivity contribution in [2.24, 2.45) is 5.92 Å². The van der Waals surface area contributed by atoms with Gasteiger partial charge in [-0.25, -0.2) is 13.9 Å². The summed E-state index contributed by atoms with van der Waals surface area (Å²) in [5.74, 6) is -0.452. The van der Waals surface area contributed by atoms with Crippen molar-refractivity contribution in [3.05, 3.63) is 58.3 Å².